The summed E-state index contributed by atoms with van der Waals surface area (Å²) in [6.07, 6.45) is 4.58. The van der Waals surface area contributed by atoms with Crippen LogP contribution in [0.1, 0.15) is 31.9 Å². The summed E-state index contributed by atoms with van der Waals surface area (Å²) < 4.78 is 5.52. The number of hydrogen-bond acceptors (Lipinski definition) is 7. The zero-order chi connectivity index (χ0) is 18.7. The number of rotatable bonds is 5. The molecule has 0 aliphatic carbocycles. The van der Waals surface area contributed by atoms with Gasteiger partial charge in [0.1, 0.15) is 11.6 Å². The Morgan fingerprint density at radius 1 is 1.54 bits per heavy atom. The molecule has 8 heteroatoms. The topological polar surface area (TPSA) is 114 Å². The predicted octanol–water partition coefficient (Wildman–Crippen LogP) is 2.57. The standard InChI is InChI=1S/C18H23N7O/c1-12-10-26-7-6-25(12)15-8-14(18(2,3)11-20)13(9-19)16(23-15)24-17-21-4-5-22-17/h4-5,8-9,12,19H,6-7,10H2,1-3H3,(H2,21,22,23,24). The molecular formula is C18H23N7O. The Labute approximate surface area is 152 Å². The van der Waals surface area contributed by atoms with E-state index in [9.17, 15) is 5.26 Å². The number of hydrogen-bond donors (Lipinski definition) is 3. The van der Waals surface area contributed by atoms with Crippen molar-refractivity contribution in [3.05, 3.63) is 29.6 Å². The predicted molar refractivity (Wildman–Crippen MR) is 100 cm³/mol. The number of nitrogens with zero attached hydrogens (tertiary/aromatic N) is 4. The second-order valence-corrected chi connectivity index (χ2v) is 6.85. The van der Waals surface area contributed by atoms with Gasteiger partial charge in [-0.15, -0.1) is 0 Å². The van der Waals surface area contributed by atoms with Crippen molar-refractivity contribution in [3.8, 4) is 6.07 Å². The lowest BCUT2D eigenvalue weighted by atomic mass is 9.83. The molecule has 136 valence electrons. The summed E-state index contributed by atoms with van der Waals surface area (Å²) in [5.41, 5.74) is 0.574. The molecule has 1 fully saturated rings. The Bertz CT molecular complexity index is 823. The molecule has 0 radical (unpaired) electrons. The Hall–Kier alpha value is -2.92. The van der Waals surface area contributed by atoms with Crippen molar-refractivity contribution in [1.29, 1.82) is 10.7 Å². The van der Waals surface area contributed by atoms with Crippen LogP contribution in [0.4, 0.5) is 17.6 Å². The van der Waals surface area contributed by atoms with Crippen molar-refractivity contribution in [2.75, 3.05) is 30.0 Å². The highest BCUT2D eigenvalue weighted by molar-refractivity contribution is 5.89. The Kier molecular flexibility index (Phi) is 4.91. The van der Waals surface area contributed by atoms with Crippen molar-refractivity contribution in [1.82, 2.24) is 15.0 Å². The van der Waals surface area contributed by atoms with Crippen LogP contribution >= 0.6 is 0 Å². The number of aromatic nitrogens is 3. The highest BCUT2D eigenvalue weighted by Crippen LogP contribution is 2.33. The molecule has 1 saturated heterocycles. The van der Waals surface area contributed by atoms with Gasteiger partial charge in [-0.1, -0.05) is 0 Å². The van der Waals surface area contributed by atoms with E-state index < -0.39 is 5.41 Å². The molecule has 26 heavy (non-hydrogen) atoms. The van der Waals surface area contributed by atoms with E-state index >= 15 is 0 Å². The van der Waals surface area contributed by atoms with Crippen LogP contribution in [-0.2, 0) is 10.2 Å². The van der Waals surface area contributed by atoms with E-state index in [0.29, 0.717) is 30.5 Å². The van der Waals surface area contributed by atoms with Crippen molar-refractivity contribution >= 4 is 23.8 Å². The van der Waals surface area contributed by atoms with E-state index in [-0.39, 0.29) is 6.04 Å². The number of aromatic amines is 1. The summed E-state index contributed by atoms with van der Waals surface area (Å²) in [6.45, 7) is 7.77. The fourth-order valence-electron chi connectivity index (χ4n) is 3.02. The molecule has 2 aromatic rings. The Balaban J connectivity index is 2.14. The van der Waals surface area contributed by atoms with Crippen LogP contribution in [-0.4, -0.2) is 47.0 Å². The zero-order valence-corrected chi connectivity index (χ0v) is 15.2. The molecule has 0 spiro atoms. The van der Waals surface area contributed by atoms with Crippen LogP contribution in [0.3, 0.4) is 0 Å². The van der Waals surface area contributed by atoms with Crippen molar-refractivity contribution in [3.63, 3.8) is 0 Å². The van der Waals surface area contributed by atoms with Crippen LogP contribution in [0, 0.1) is 16.7 Å². The van der Waals surface area contributed by atoms with Gasteiger partial charge in [-0.3, -0.25) is 0 Å². The van der Waals surface area contributed by atoms with Gasteiger partial charge < -0.3 is 25.3 Å². The average Bonchev–Trinajstić information content (AvgIpc) is 3.14. The van der Waals surface area contributed by atoms with Gasteiger partial charge in [0, 0.05) is 30.7 Å². The summed E-state index contributed by atoms with van der Waals surface area (Å²) in [6, 6.07) is 4.43. The molecule has 3 rings (SSSR count). The maximum absolute atomic E-state index is 9.65. The molecule has 1 aliphatic heterocycles. The molecule has 0 amide bonds. The molecule has 3 heterocycles. The summed E-state index contributed by atoms with van der Waals surface area (Å²) >= 11 is 0. The second kappa shape index (κ2) is 7.14. The van der Waals surface area contributed by atoms with Crippen molar-refractivity contribution in [2.45, 2.75) is 32.2 Å². The second-order valence-electron chi connectivity index (χ2n) is 6.85. The smallest absolute Gasteiger partial charge is 0.205 e. The monoisotopic (exact) mass is 353 g/mol. The molecule has 0 aromatic carbocycles. The van der Waals surface area contributed by atoms with E-state index in [1.165, 1.54) is 6.21 Å². The minimum Gasteiger partial charge on any atom is -0.377 e. The largest absolute Gasteiger partial charge is 0.377 e. The average molecular weight is 353 g/mol. The van der Waals surface area contributed by atoms with Gasteiger partial charge in [-0.05, 0) is 32.4 Å². The first-order valence-electron chi connectivity index (χ1n) is 8.54. The molecule has 8 nitrogen and oxygen atoms in total. The van der Waals surface area contributed by atoms with E-state index in [1.54, 1.807) is 12.4 Å². The van der Waals surface area contributed by atoms with Crippen LogP contribution in [0.15, 0.2) is 18.5 Å². The highest BCUT2D eigenvalue weighted by atomic mass is 16.5. The molecule has 3 N–H and O–H groups in total. The number of ether oxygens (including phenoxy) is 1. The molecular weight excluding hydrogens is 330 g/mol. The summed E-state index contributed by atoms with van der Waals surface area (Å²) in [5, 5.41) is 20.7. The molecule has 1 atom stereocenters. The normalized spacial score (nSPS) is 17.6. The maximum atomic E-state index is 9.65. The minimum absolute atomic E-state index is 0.177. The van der Waals surface area contributed by atoms with E-state index in [1.807, 2.05) is 19.9 Å². The zero-order valence-electron chi connectivity index (χ0n) is 15.2. The third kappa shape index (κ3) is 3.39. The lowest BCUT2D eigenvalue weighted by molar-refractivity contribution is 0.0985. The van der Waals surface area contributed by atoms with Gasteiger partial charge >= 0.3 is 0 Å². The van der Waals surface area contributed by atoms with Crippen LogP contribution in [0.2, 0.25) is 0 Å². The summed E-state index contributed by atoms with van der Waals surface area (Å²) in [7, 11) is 0. The number of nitrogens with one attached hydrogen (secondary N) is 3. The SMILES string of the molecule is CC1COCCN1c1cc(C(C)(C)C#N)c(C=N)c(Nc2ncc[nH]2)n1. The van der Waals surface area contributed by atoms with Crippen molar-refractivity contribution < 1.29 is 4.74 Å². The van der Waals surface area contributed by atoms with E-state index in [4.69, 9.17) is 15.1 Å². The molecule has 2 aromatic heterocycles. The number of anilines is 3. The van der Waals surface area contributed by atoms with Gasteiger partial charge in [0.05, 0.1) is 30.7 Å². The summed E-state index contributed by atoms with van der Waals surface area (Å²) in [4.78, 5) is 14.1. The fraction of sp³-hybridized carbons (Fsp3) is 0.444. The molecule has 1 unspecified atom stereocenters. The van der Waals surface area contributed by atoms with Gasteiger partial charge in [0.2, 0.25) is 5.95 Å². The molecule has 0 bridgehead atoms. The van der Waals surface area contributed by atoms with Gasteiger partial charge in [0.15, 0.2) is 0 Å². The maximum Gasteiger partial charge on any atom is 0.205 e. The van der Waals surface area contributed by atoms with Crippen LogP contribution in [0.25, 0.3) is 0 Å². The van der Waals surface area contributed by atoms with Gasteiger partial charge in [-0.2, -0.15) is 5.26 Å². The fourth-order valence-corrected chi connectivity index (χ4v) is 3.02. The van der Waals surface area contributed by atoms with Crippen LogP contribution in [0.5, 0.6) is 0 Å². The number of imidazole rings is 1. The van der Waals surface area contributed by atoms with Gasteiger partial charge in [0.25, 0.3) is 0 Å². The third-order valence-corrected chi connectivity index (χ3v) is 4.54. The Morgan fingerprint density at radius 2 is 2.35 bits per heavy atom. The highest BCUT2D eigenvalue weighted by Gasteiger charge is 2.29. The number of nitriles is 1. The first-order chi connectivity index (χ1) is 12.5. The molecule has 1 aliphatic rings. The first kappa shape index (κ1) is 17.9. The van der Waals surface area contributed by atoms with E-state index in [0.717, 1.165) is 17.9 Å². The lowest BCUT2D eigenvalue weighted by Gasteiger charge is -2.35. The summed E-state index contributed by atoms with van der Waals surface area (Å²) in [5.74, 6) is 1.80. The first-order valence-corrected chi connectivity index (χ1v) is 8.54. The number of H-pyrrole nitrogens is 1. The quantitative estimate of drug-likeness (QED) is 0.712. The minimum atomic E-state index is -0.764. The van der Waals surface area contributed by atoms with Crippen molar-refractivity contribution in [2.24, 2.45) is 0 Å². The Morgan fingerprint density at radius 3 is 2.96 bits per heavy atom. The van der Waals surface area contributed by atoms with Crippen LogP contribution < -0.4 is 10.2 Å². The van der Waals surface area contributed by atoms with E-state index in [2.05, 4.69) is 33.2 Å². The molecule has 0 saturated carbocycles. The number of pyridine rings is 1. The number of morpholine rings is 1. The van der Waals surface area contributed by atoms with Gasteiger partial charge in [-0.25, -0.2) is 9.97 Å². The lowest BCUT2D eigenvalue weighted by Crippen LogP contribution is -2.44. The third-order valence-electron chi connectivity index (χ3n) is 4.54.